The first-order chi connectivity index (χ1) is 16.3. The lowest BCUT2D eigenvalue weighted by molar-refractivity contribution is -0.0128. The molecule has 0 radical (unpaired) electrons. The number of anilines is 1. The molecule has 2 N–H and O–H groups in total. The van der Waals surface area contributed by atoms with Gasteiger partial charge in [-0.25, -0.2) is 0 Å². The third kappa shape index (κ3) is 20.9. The molecule has 0 amide bonds. The van der Waals surface area contributed by atoms with Gasteiger partial charge in [-0.2, -0.15) is 0 Å². The third-order valence-electron chi connectivity index (χ3n) is 5.01. The van der Waals surface area contributed by atoms with Gasteiger partial charge in [-0.3, -0.25) is 0 Å². The van der Waals surface area contributed by atoms with E-state index >= 15 is 0 Å². The summed E-state index contributed by atoms with van der Waals surface area (Å²) >= 11 is 0. The van der Waals surface area contributed by atoms with Crippen molar-refractivity contribution in [2.24, 2.45) is 0 Å². The van der Waals surface area contributed by atoms with Crippen molar-refractivity contribution in [3.8, 4) is 5.75 Å². The second kappa shape index (κ2) is 23.8. The van der Waals surface area contributed by atoms with Crippen molar-refractivity contribution in [1.29, 1.82) is 0 Å². The molecule has 1 aromatic carbocycles. The number of nitrogens with two attached hydrogens (primary N) is 1. The number of rotatable bonds is 25. The molecule has 0 saturated carbocycles. The Balaban J connectivity index is 1.66. The van der Waals surface area contributed by atoms with Crippen LogP contribution in [0, 0.1) is 0 Å². The van der Waals surface area contributed by atoms with Crippen LogP contribution in [0.4, 0.5) is 5.69 Å². The van der Waals surface area contributed by atoms with Crippen molar-refractivity contribution in [3.05, 3.63) is 24.3 Å². The molecule has 7 heteroatoms. The van der Waals surface area contributed by atoms with E-state index in [1.807, 2.05) is 24.3 Å². The van der Waals surface area contributed by atoms with Crippen molar-refractivity contribution < 1.29 is 28.4 Å². The average Bonchev–Trinajstić information content (AvgIpc) is 2.83. The number of hydrogen-bond donors (Lipinski definition) is 1. The van der Waals surface area contributed by atoms with E-state index in [-0.39, 0.29) is 0 Å². The molecule has 0 spiro atoms. The minimum Gasteiger partial charge on any atom is -0.491 e. The highest BCUT2D eigenvalue weighted by atomic mass is 16.6. The van der Waals surface area contributed by atoms with E-state index in [4.69, 9.17) is 34.2 Å². The van der Waals surface area contributed by atoms with Gasteiger partial charge in [0, 0.05) is 12.3 Å². The summed E-state index contributed by atoms with van der Waals surface area (Å²) in [6.45, 7) is 8.72. The van der Waals surface area contributed by atoms with Gasteiger partial charge in [-0.05, 0) is 30.7 Å². The van der Waals surface area contributed by atoms with E-state index in [2.05, 4.69) is 6.92 Å². The first-order valence-electron chi connectivity index (χ1n) is 12.7. The van der Waals surface area contributed by atoms with Crippen molar-refractivity contribution in [2.75, 3.05) is 78.4 Å². The normalized spacial score (nSPS) is 11.2. The van der Waals surface area contributed by atoms with Crippen LogP contribution in [0.1, 0.15) is 58.3 Å². The van der Waals surface area contributed by atoms with Crippen molar-refractivity contribution in [3.63, 3.8) is 0 Å². The van der Waals surface area contributed by atoms with Crippen LogP contribution in [-0.2, 0) is 23.7 Å². The van der Waals surface area contributed by atoms with E-state index in [0.29, 0.717) is 66.1 Å². The van der Waals surface area contributed by atoms with Crippen LogP contribution in [0.5, 0.6) is 5.75 Å². The van der Waals surface area contributed by atoms with Crippen LogP contribution in [0.15, 0.2) is 24.3 Å². The van der Waals surface area contributed by atoms with Crippen molar-refractivity contribution >= 4 is 5.69 Å². The Hall–Kier alpha value is -1.38. The standard InChI is InChI=1S/C26H47NO6/c1-2-3-4-5-6-7-8-9-14-28-15-16-29-17-18-30-19-20-31-21-22-32-23-24-33-26-12-10-25(27)11-13-26/h10-13H,2-9,14-24,27H2,1H3. The largest absolute Gasteiger partial charge is 0.491 e. The first kappa shape index (κ1) is 29.7. The third-order valence-corrected chi connectivity index (χ3v) is 5.01. The fourth-order valence-corrected chi connectivity index (χ4v) is 3.10. The molecule has 1 aromatic rings. The fraction of sp³-hybridized carbons (Fsp3) is 0.769. The lowest BCUT2D eigenvalue weighted by Crippen LogP contribution is -2.14. The van der Waals surface area contributed by atoms with Gasteiger partial charge in [0.25, 0.3) is 0 Å². The molecule has 0 saturated heterocycles. The summed E-state index contributed by atoms with van der Waals surface area (Å²) in [6, 6.07) is 7.31. The second-order valence-electron chi connectivity index (χ2n) is 7.95. The second-order valence-corrected chi connectivity index (χ2v) is 7.95. The molecule has 33 heavy (non-hydrogen) atoms. The maximum atomic E-state index is 5.63. The van der Waals surface area contributed by atoms with E-state index in [1.165, 1.54) is 44.9 Å². The number of nitrogen functional groups attached to an aromatic ring is 1. The number of unbranched alkanes of at least 4 members (excludes halogenated alkanes) is 7. The zero-order valence-electron chi connectivity index (χ0n) is 20.8. The Morgan fingerprint density at radius 2 is 0.879 bits per heavy atom. The summed E-state index contributed by atoms with van der Waals surface area (Å²) < 4.78 is 33.1. The fourth-order valence-electron chi connectivity index (χ4n) is 3.10. The quantitative estimate of drug-likeness (QED) is 0.162. The SMILES string of the molecule is CCCCCCCCCCOCCOCCOCCOCCOCCOc1ccc(N)cc1. The molecule has 0 heterocycles. The molecule has 192 valence electrons. The number of hydrogen-bond acceptors (Lipinski definition) is 7. The summed E-state index contributed by atoms with van der Waals surface area (Å²) in [5.74, 6) is 0.788. The van der Waals surface area contributed by atoms with Crippen LogP contribution >= 0.6 is 0 Å². The molecular formula is C26H47NO6. The van der Waals surface area contributed by atoms with Crippen LogP contribution in [-0.4, -0.2) is 72.7 Å². The predicted molar refractivity (Wildman–Crippen MR) is 133 cm³/mol. The highest BCUT2D eigenvalue weighted by Crippen LogP contribution is 2.12. The molecule has 0 aromatic heterocycles. The summed E-state index contributed by atoms with van der Waals surface area (Å²) in [5.41, 5.74) is 6.35. The van der Waals surface area contributed by atoms with Crippen LogP contribution in [0.2, 0.25) is 0 Å². The van der Waals surface area contributed by atoms with Crippen LogP contribution in [0.3, 0.4) is 0 Å². The minimum atomic E-state index is 0.497. The Morgan fingerprint density at radius 3 is 1.36 bits per heavy atom. The highest BCUT2D eigenvalue weighted by Gasteiger charge is 1.96. The lowest BCUT2D eigenvalue weighted by atomic mass is 10.1. The van der Waals surface area contributed by atoms with Gasteiger partial charge in [-0.1, -0.05) is 51.9 Å². The molecule has 0 bridgehead atoms. The maximum absolute atomic E-state index is 5.63. The van der Waals surface area contributed by atoms with Crippen LogP contribution < -0.4 is 10.5 Å². The molecule has 0 atom stereocenters. The van der Waals surface area contributed by atoms with Crippen molar-refractivity contribution in [1.82, 2.24) is 0 Å². The smallest absolute Gasteiger partial charge is 0.119 e. The Morgan fingerprint density at radius 1 is 0.485 bits per heavy atom. The van der Waals surface area contributed by atoms with E-state index in [1.54, 1.807) is 0 Å². The van der Waals surface area contributed by atoms with Crippen LogP contribution in [0.25, 0.3) is 0 Å². The van der Waals surface area contributed by atoms with Gasteiger partial charge >= 0.3 is 0 Å². The summed E-state index contributed by atoms with van der Waals surface area (Å²) in [4.78, 5) is 0. The van der Waals surface area contributed by atoms with Gasteiger partial charge < -0.3 is 34.2 Å². The molecule has 0 aliphatic rings. The van der Waals surface area contributed by atoms with E-state index < -0.39 is 0 Å². The average molecular weight is 470 g/mol. The summed E-state index contributed by atoms with van der Waals surface area (Å²) in [6.07, 6.45) is 10.6. The minimum absolute atomic E-state index is 0.497. The predicted octanol–water partition coefficient (Wildman–Crippen LogP) is 4.87. The number of ether oxygens (including phenoxy) is 6. The molecule has 0 unspecified atom stereocenters. The number of benzene rings is 1. The van der Waals surface area contributed by atoms with Gasteiger partial charge in [0.1, 0.15) is 12.4 Å². The molecule has 0 aliphatic carbocycles. The highest BCUT2D eigenvalue weighted by molar-refractivity contribution is 5.41. The van der Waals surface area contributed by atoms with Crippen molar-refractivity contribution in [2.45, 2.75) is 58.3 Å². The first-order valence-corrected chi connectivity index (χ1v) is 12.7. The van der Waals surface area contributed by atoms with E-state index in [9.17, 15) is 0 Å². The summed E-state index contributed by atoms with van der Waals surface area (Å²) in [5, 5.41) is 0. The zero-order valence-corrected chi connectivity index (χ0v) is 20.8. The maximum Gasteiger partial charge on any atom is 0.119 e. The zero-order chi connectivity index (χ0) is 23.7. The van der Waals surface area contributed by atoms with Gasteiger partial charge in [0.15, 0.2) is 0 Å². The lowest BCUT2D eigenvalue weighted by Gasteiger charge is -2.09. The molecule has 0 aliphatic heterocycles. The molecular weight excluding hydrogens is 422 g/mol. The van der Waals surface area contributed by atoms with E-state index in [0.717, 1.165) is 24.5 Å². The Kier molecular flexibility index (Phi) is 21.4. The Labute approximate surface area is 201 Å². The topological polar surface area (TPSA) is 81.4 Å². The van der Waals surface area contributed by atoms with Gasteiger partial charge in [0.05, 0.1) is 59.5 Å². The van der Waals surface area contributed by atoms with Gasteiger partial charge in [0.2, 0.25) is 0 Å². The molecule has 1 rings (SSSR count). The summed E-state index contributed by atoms with van der Waals surface area (Å²) in [7, 11) is 0. The molecule has 7 nitrogen and oxygen atoms in total. The van der Waals surface area contributed by atoms with Gasteiger partial charge in [-0.15, -0.1) is 0 Å². The monoisotopic (exact) mass is 469 g/mol. The molecule has 0 fully saturated rings. The Bertz CT molecular complexity index is 514.